The van der Waals surface area contributed by atoms with E-state index in [0.29, 0.717) is 31.9 Å². The first-order chi connectivity index (χ1) is 17.9. The minimum absolute atomic E-state index is 0.113. The molecule has 0 bridgehead atoms. The molecule has 2 aromatic rings. The molecular formula is C29H42N5O3S+. The van der Waals surface area contributed by atoms with Crippen LogP contribution in [-0.2, 0) is 21.2 Å². The molecule has 8 nitrogen and oxygen atoms in total. The summed E-state index contributed by atoms with van der Waals surface area (Å²) in [6, 6.07) is 11.7. The van der Waals surface area contributed by atoms with Gasteiger partial charge in [0.05, 0.1) is 19.0 Å². The zero-order valence-electron chi connectivity index (χ0n) is 23.6. The van der Waals surface area contributed by atoms with Crippen molar-refractivity contribution in [3.05, 3.63) is 71.3 Å². The Morgan fingerprint density at radius 1 is 1.11 bits per heavy atom. The zero-order chi connectivity index (χ0) is 28.1. The maximum absolute atomic E-state index is 13.5. The van der Waals surface area contributed by atoms with Crippen LogP contribution in [0.15, 0.2) is 65.7 Å². The number of carbonyl (C=O) groups is 1. The number of aryl methyl sites for hydroxylation is 1. The fourth-order valence-corrected chi connectivity index (χ4v) is 5.91. The molecule has 2 heterocycles. The Kier molecular flexibility index (Phi) is 9.38. The van der Waals surface area contributed by atoms with E-state index < -0.39 is 10.0 Å². The number of rotatable bonds is 10. The smallest absolute Gasteiger partial charge is 0.327 e. The zero-order valence-corrected chi connectivity index (χ0v) is 24.5. The Morgan fingerprint density at radius 2 is 1.74 bits per heavy atom. The maximum Gasteiger partial charge on any atom is 0.327 e. The number of aromatic nitrogens is 1. The molecule has 0 spiro atoms. The molecule has 0 atom stereocenters. The largest absolute Gasteiger partial charge is 0.368 e. The van der Waals surface area contributed by atoms with Gasteiger partial charge in [-0.05, 0) is 37.5 Å². The molecule has 1 aliphatic heterocycles. The summed E-state index contributed by atoms with van der Waals surface area (Å²) in [5, 5.41) is 0. The summed E-state index contributed by atoms with van der Waals surface area (Å²) in [7, 11) is 3.42. The van der Waals surface area contributed by atoms with Gasteiger partial charge in [0, 0.05) is 75.9 Å². The molecule has 0 saturated carbocycles. The van der Waals surface area contributed by atoms with Crippen molar-refractivity contribution < 1.29 is 13.2 Å². The van der Waals surface area contributed by atoms with Crippen LogP contribution in [0.2, 0.25) is 0 Å². The van der Waals surface area contributed by atoms with Crippen molar-refractivity contribution in [3.8, 4) is 0 Å². The van der Waals surface area contributed by atoms with Crippen molar-refractivity contribution in [2.75, 3.05) is 64.2 Å². The normalized spacial score (nSPS) is 14.9. The number of piperazine rings is 1. The molecule has 1 amide bonds. The van der Waals surface area contributed by atoms with Crippen molar-refractivity contribution in [2.24, 2.45) is 0 Å². The third-order valence-corrected chi connectivity index (χ3v) is 9.50. The van der Waals surface area contributed by atoms with E-state index in [0.717, 1.165) is 30.8 Å². The van der Waals surface area contributed by atoms with Gasteiger partial charge in [0.25, 0.3) is 5.91 Å². The lowest BCUT2D eigenvalue weighted by Gasteiger charge is -2.36. The number of allylic oxidation sites excluding steroid dienone is 1. The molecule has 1 aliphatic rings. The number of quaternary nitrogens is 1. The first-order valence-corrected chi connectivity index (χ1v) is 14.6. The minimum atomic E-state index is -3.79. The van der Waals surface area contributed by atoms with Gasteiger partial charge in [-0.25, -0.2) is 4.98 Å². The van der Waals surface area contributed by atoms with Crippen molar-refractivity contribution in [1.29, 1.82) is 0 Å². The third-order valence-electron chi connectivity index (χ3n) is 7.16. The van der Waals surface area contributed by atoms with Crippen molar-refractivity contribution in [2.45, 2.75) is 33.1 Å². The van der Waals surface area contributed by atoms with Crippen LogP contribution in [0.4, 0.5) is 17.2 Å². The van der Waals surface area contributed by atoms with E-state index in [-0.39, 0.29) is 20.3 Å². The highest BCUT2D eigenvalue weighted by atomic mass is 32.2. The second-order valence-electron chi connectivity index (χ2n) is 10.4. The lowest BCUT2D eigenvalue weighted by molar-refractivity contribution is -0.127. The van der Waals surface area contributed by atoms with Gasteiger partial charge in [-0.2, -0.15) is 12.3 Å². The van der Waals surface area contributed by atoms with Gasteiger partial charge in [0.15, 0.2) is 0 Å². The molecule has 1 aromatic carbocycles. The number of hydrogen-bond acceptors (Lipinski definition) is 6. The molecule has 1 saturated heterocycles. The van der Waals surface area contributed by atoms with Gasteiger partial charge >= 0.3 is 10.0 Å². The van der Waals surface area contributed by atoms with Crippen molar-refractivity contribution in [1.82, 2.24) is 13.8 Å². The number of amides is 1. The van der Waals surface area contributed by atoms with Crippen LogP contribution >= 0.6 is 0 Å². The SMILES string of the molecule is C=C(C=C(C)S(=O)(=O)[N+](C)(C)c1ccc(CCCC)cc1)C(=O)N1CCN(c2ccnc(N(C)C)c2)CC1. The standard InChI is InChI=1S/C29H42N5O3S/c1-8-9-10-25-11-13-27(14-12-25)34(6,7)38(36,37)24(3)21-23(2)29(35)33-19-17-32(18-20-33)26-15-16-30-28(22-26)31(4)5/h11-16,21-22H,2,8-10,17-20H2,1,3-7H3/q+1. The highest BCUT2D eigenvalue weighted by Crippen LogP contribution is 2.29. The summed E-state index contributed by atoms with van der Waals surface area (Å²) >= 11 is 0. The molecule has 206 valence electrons. The number of benzene rings is 1. The molecule has 38 heavy (non-hydrogen) atoms. The van der Waals surface area contributed by atoms with E-state index in [1.165, 1.54) is 18.6 Å². The summed E-state index contributed by atoms with van der Waals surface area (Å²) in [5.74, 6) is 0.637. The first kappa shape index (κ1) is 29.4. The predicted molar refractivity (Wildman–Crippen MR) is 158 cm³/mol. The van der Waals surface area contributed by atoms with Crippen LogP contribution in [0.5, 0.6) is 0 Å². The fourth-order valence-electron chi connectivity index (χ4n) is 4.50. The van der Waals surface area contributed by atoms with E-state index in [9.17, 15) is 13.2 Å². The topological polar surface area (TPSA) is 73.8 Å². The minimum Gasteiger partial charge on any atom is -0.368 e. The molecule has 0 unspecified atom stereocenters. The highest BCUT2D eigenvalue weighted by molar-refractivity contribution is 7.94. The van der Waals surface area contributed by atoms with Crippen LogP contribution in [0.1, 0.15) is 32.3 Å². The summed E-state index contributed by atoms with van der Waals surface area (Å²) in [6.45, 7) is 10.0. The third kappa shape index (κ3) is 6.45. The number of sulfonamides is 1. The Balaban J connectivity index is 1.67. The van der Waals surface area contributed by atoms with Crippen LogP contribution in [-0.4, -0.2) is 78.6 Å². The molecule has 0 radical (unpaired) electrons. The Morgan fingerprint density at radius 3 is 2.32 bits per heavy atom. The average molecular weight is 541 g/mol. The Hall–Kier alpha value is -3.17. The number of hydrogen-bond donors (Lipinski definition) is 0. The average Bonchev–Trinajstić information content (AvgIpc) is 2.91. The number of carbonyl (C=O) groups excluding carboxylic acids is 1. The maximum atomic E-state index is 13.5. The first-order valence-electron chi connectivity index (χ1n) is 13.1. The van der Waals surface area contributed by atoms with Gasteiger partial charge in [0.1, 0.15) is 11.5 Å². The highest BCUT2D eigenvalue weighted by Gasteiger charge is 2.37. The Bertz CT molecular complexity index is 1280. The molecule has 1 aromatic heterocycles. The second kappa shape index (κ2) is 12.1. The predicted octanol–water partition coefficient (Wildman–Crippen LogP) is 4.20. The molecule has 3 rings (SSSR count). The molecule has 9 heteroatoms. The second-order valence-corrected chi connectivity index (χ2v) is 12.9. The van der Waals surface area contributed by atoms with Gasteiger partial charge in [-0.3, -0.25) is 4.79 Å². The summed E-state index contributed by atoms with van der Waals surface area (Å²) in [4.78, 5) is 23.5. The number of nitrogens with zero attached hydrogens (tertiary/aromatic N) is 5. The number of unbranched alkanes of at least 4 members (excludes halogenated alkanes) is 1. The Labute approximate surface area is 228 Å². The molecule has 0 aliphatic carbocycles. The summed E-state index contributed by atoms with van der Waals surface area (Å²) < 4.78 is 26.7. The molecule has 1 fully saturated rings. The van der Waals surface area contributed by atoms with E-state index in [2.05, 4.69) is 23.4 Å². The van der Waals surface area contributed by atoms with Crippen LogP contribution in [0, 0.1) is 0 Å². The van der Waals surface area contributed by atoms with E-state index in [1.807, 2.05) is 55.4 Å². The molecular weight excluding hydrogens is 498 g/mol. The lowest BCUT2D eigenvalue weighted by Crippen LogP contribution is -2.49. The quantitative estimate of drug-likeness (QED) is 0.256. The summed E-state index contributed by atoms with van der Waals surface area (Å²) in [6.07, 6.45) is 6.39. The monoisotopic (exact) mass is 540 g/mol. The summed E-state index contributed by atoms with van der Waals surface area (Å²) in [5.41, 5.74) is 3.10. The lowest BCUT2D eigenvalue weighted by atomic mass is 10.1. The fraction of sp³-hybridized carbons (Fsp3) is 0.448. The van der Waals surface area contributed by atoms with Gasteiger partial charge in [-0.15, -0.1) is 0 Å². The number of pyridine rings is 1. The number of anilines is 2. The van der Waals surface area contributed by atoms with E-state index >= 15 is 0 Å². The van der Waals surface area contributed by atoms with Crippen LogP contribution in [0.3, 0.4) is 0 Å². The van der Waals surface area contributed by atoms with E-state index in [4.69, 9.17) is 0 Å². The van der Waals surface area contributed by atoms with E-state index in [1.54, 1.807) is 25.2 Å². The molecule has 0 N–H and O–H groups in total. The van der Waals surface area contributed by atoms with Crippen LogP contribution in [0.25, 0.3) is 0 Å². The van der Waals surface area contributed by atoms with Crippen LogP contribution < -0.4 is 13.7 Å². The van der Waals surface area contributed by atoms with Gasteiger partial charge < -0.3 is 14.7 Å². The van der Waals surface area contributed by atoms with Gasteiger partial charge in [0.2, 0.25) is 0 Å². The van der Waals surface area contributed by atoms with Gasteiger partial charge in [-0.1, -0.05) is 32.1 Å². The van der Waals surface area contributed by atoms with Crippen molar-refractivity contribution in [3.63, 3.8) is 0 Å². The van der Waals surface area contributed by atoms with Crippen molar-refractivity contribution >= 4 is 33.1 Å².